The molecule has 0 aliphatic carbocycles. The molecule has 0 fully saturated rings. The van der Waals surface area contributed by atoms with Gasteiger partial charge in [0.1, 0.15) is 5.69 Å². The number of anilines is 1. The maximum atomic E-state index is 12.3. The van der Waals surface area contributed by atoms with Crippen LogP contribution in [0.25, 0.3) is 0 Å². The van der Waals surface area contributed by atoms with Gasteiger partial charge in [-0.1, -0.05) is 30.1 Å². The molecular weight excluding hydrogens is 337 g/mol. The SMILES string of the molecule is CCCNC(=O)c1cc(C(=O)Nc2cc(Cl)ccc2Cl)ccn1. The predicted octanol–water partition coefficient (Wildman–Crippen LogP) is 3.78. The Labute approximate surface area is 144 Å². The van der Waals surface area contributed by atoms with Crippen molar-refractivity contribution in [2.45, 2.75) is 13.3 Å². The van der Waals surface area contributed by atoms with Crippen molar-refractivity contribution in [2.75, 3.05) is 11.9 Å². The number of carbonyl (C=O) groups is 2. The third kappa shape index (κ3) is 4.68. The van der Waals surface area contributed by atoms with Gasteiger partial charge >= 0.3 is 0 Å². The van der Waals surface area contributed by atoms with Crippen LogP contribution in [0.3, 0.4) is 0 Å². The molecule has 5 nitrogen and oxygen atoms in total. The van der Waals surface area contributed by atoms with E-state index in [4.69, 9.17) is 23.2 Å². The number of aromatic nitrogens is 1. The van der Waals surface area contributed by atoms with Crippen LogP contribution in [-0.4, -0.2) is 23.3 Å². The lowest BCUT2D eigenvalue weighted by Gasteiger charge is -2.09. The maximum Gasteiger partial charge on any atom is 0.269 e. The van der Waals surface area contributed by atoms with Gasteiger partial charge in [0, 0.05) is 23.3 Å². The van der Waals surface area contributed by atoms with Crippen LogP contribution in [0.4, 0.5) is 5.69 Å². The number of hydrogen-bond acceptors (Lipinski definition) is 3. The predicted molar refractivity (Wildman–Crippen MR) is 91.3 cm³/mol. The first-order valence-corrected chi connectivity index (χ1v) is 7.77. The van der Waals surface area contributed by atoms with Crippen molar-refractivity contribution in [3.8, 4) is 0 Å². The fourth-order valence-electron chi connectivity index (χ4n) is 1.81. The molecule has 0 atom stereocenters. The molecule has 2 N–H and O–H groups in total. The van der Waals surface area contributed by atoms with Crippen LogP contribution in [0.15, 0.2) is 36.5 Å². The van der Waals surface area contributed by atoms with E-state index in [1.165, 1.54) is 18.3 Å². The number of carbonyl (C=O) groups excluding carboxylic acids is 2. The molecule has 0 unspecified atom stereocenters. The van der Waals surface area contributed by atoms with Crippen molar-refractivity contribution in [1.82, 2.24) is 10.3 Å². The van der Waals surface area contributed by atoms with E-state index in [2.05, 4.69) is 15.6 Å². The summed E-state index contributed by atoms with van der Waals surface area (Å²) in [5, 5.41) is 6.20. The summed E-state index contributed by atoms with van der Waals surface area (Å²) in [6, 6.07) is 7.72. The molecule has 0 spiro atoms. The van der Waals surface area contributed by atoms with Crippen molar-refractivity contribution < 1.29 is 9.59 Å². The van der Waals surface area contributed by atoms with Crippen LogP contribution < -0.4 is 10.6 Å². The van der Waals surface area contributed by atoms with E-state index in [1.807, 2.05) is 6.92 Å². The molecule has 120 valence electrons. The summed E-state index contributed by atoms with van der Waals surface area (Å²) >= 11 is 11.9. The van der Waals surface area contributed by atoms with Crippen LogP contribution in [0.1, 0.15) is 34.2 Å². The Bertz CT molecular complexity index is 735. The van der Waals surface area contributed by atoms with E-state index in [9.17, 15) is 9.59 Å². The molecule has 0 aliphatic heterocycles. The normalized spacial score (nSPS) is 10.2. The molecule has 2 aromatic rings. The third-order valence-corrected chi connectivity index (χ3v) is 3.53. The summed E-state index contributed by atoms with van der Waals surface area (Å²) < 4.78 is 0. The zero-order chi connectivity index (χ0) is 16.8. The Morgan fingerprint density at radius 3 is 2.65 bits per heavy atom. The van der Waals surface area contributed by atoms with Crippen molar-refractivity contribution in [1.29, 1.82) is 0 Å². The molecule has 0 radical (unpaired) electrons. The van der Waals surface area contributed by atoms with E-state index in [0.29, 0.717) is 27.8 Å². The standard InChI is InChI=1S/C16H15Cl2N3O2/c1-2-6-20-16(23)14-8-10(5-7-19-14)15(22)21-13-9-11(17)3-4-12(13)18/h3-5,7-9H,2,6H2,1H3,(H,20,23)(H,21,22). The smallest absolute Gasteiger partial charge is 0.269 e. The second-order valence-corrected chi connectivity index (χ2v) is 5.61. The van der Waals surface area contributed by atoms with Crippen molar-refractivity contribution in [3.05, 3.63) is 57.8 Å². The average molecular weight is 352 g/mol. The number of amides is 2. The van der Waals surface area contributed by atoms with Gasteiger partial charge in [-0.25, -0.2) is 0 Å². The van der Waals surface area contributed by atoms with E-state index in [0.717, 1.165) is 6.42 Å². The fourth-order valence-corrected chi connectivity index (χ4v) is 2.15. The monoisotopic (exact) mass is 351 g/mol. The van der Waals surface area contributed by atoms with Gasteiger partial charge in [0.05, 0.1) is 10.7 Å². The second kappa shape index (κ2) is 7.94. The molecule has 0 saturated carbocycles. The van der Waals surface area contributed by atoms with Crippen molar-refractivity contribution in [2.24, 2.45) is 0 Å². The number of rotatable bonds is 5. The Morgan fingerprint density at radius 2 is 1.91 bits per heavy atom. The molecular formula is C16H15Cl2N3O2. The van der Waals surface area contributed by atoms with Crippen molar-refractivity contribution in [3.63, 3.8) is 0 Å². The van der Waals surface area contributed by atoms with Gasteiger partial charge in [-0.05, 0) is 36.8 Å². The molecule has 1 aromatic heterocycles. The van der Waals surface area contributed by atoms with Crippen LogP contribution in [0, 0.1) is 0 Å². The minimum absolute atomic E-state index is 0.184. The highest BCUT2D eigenvalue weighted by Crippen LogP contribution is 2.25. The van der Waals surface area contributed by atoms with Crippen LogP contribution in [-0.2, 0) is 0 Å². The minimum atomic E-state index is -0.402. The van der Waals surface area contributed by atoms with Gasteiger partial charge in [-0.15, -0.1) is 0 Å². The molecule has 7 heteroatoms. The third-order valence-electron chi connectivity index (χ3n) is 2.97. The molecule has 1 heterocycles. The zero-order valence-electron chi connectivity index (χ0n) is 12.4. The fraction of sp³-hybridized carbons (Fsp3) is 0.188. The zero-order valence-corrected chi connectivity index (χ0v) is 13.9. The average Bonchev–Trinajstić information content (AvgIpc) is 2.56. The summed E-state index contributed by atoms with van der Waals surface area (Å²) in [5.41, 5.74) is 0.888. The largest absolute Gasteiger partial charge is 0.351 e. The van der Waals surface area contributed by atoms with Gasteiger partial charge in [-0.3, -0.25) is 14.6 Å². The van der Waals surface area contributed by atoms with E-state index in [-0.39, 0.29) is 11.6 Å². The first kappa shape index (κ1) is 17.2. The lowest BCUT2D eigenvalue weighted by molar-refractivity contribution is 0.0948. The molecule has 2 rings (SSSR count). The molecule has 0 saturated heterocycles. The number of halogens is 2. The number of nitrogens with zero attached hydrogens (tertiary/aromatic N) is 1. The second-order valence-electron chi connectivity index (χ2n) is 4.76. The molecule has 0 aliphatic rings. The quantitative estimate of drug-likeness (QED) is 0.860. The Morgan fingerprint density at radius 1 is 1.13 bits per heavy atom. The van der Waals surface area contributed by atoms with Gasteiger partial charge < -0.3 is 10.6 Å². The van der Waals surface area contributed by atoms with Crippen LogP contribution in [0.2, 0.25) is 10.0 Å². The van der Waals surface area contributed by atoms with Crippen LogP contribution in [0.5, 0.6) is 0 Å². The summed E-state index contributed by atoms with van der Waals surface area (Å²) in [6.45, 7) is 2.50. The number of hydrogen-bond donors (Lipinski definition) is 2. The molecule has 0 bridgehead atoms. The van der Waals surface area contributed by atoms with E-state index < -0.39 is 5.91 Å². The Kier molecular flexibility index (Phi) is 5.96. The van der Waals surface area contributed by atoms with Gasteiger partial charge in [0.15, 0.2) is 0 Å². The molecule has 1 aromatic carbocycles. The lowest BCUT2D eigenvalue weighted by atomic mass is 10.2. The summed E-state index contributed by atoms with van der Waals surface area (Å²) in [6.07, 6.45) is 2.23. The molecule has 23 heavy (non-hydrogen) atoms. The van der Waals surface area contributed by atoms with E-state index >= 15 is 0 Å². The van der Waals surface area contributed by atoms with Crippen LogP contribution >= 0.6 is 23.2 Å². The highest BCUT2D eigenvalue weighted by molar-refractivity contribution is 6.35. The summed E-state index contributed by atoms with van der Waals surface area (Å²) in [4.78, 5) is 28.2. The minimum Gasteiger partial charge on any atom is -0.351 e. The first-order valence-electron chi connectivity index (χ1n) is 7.02. The topological polar surface area (TPSA) is 71.1 Å². The first-order chi connectivity index (χ1) is 11.0. The van der Waals surface area contributed by atoms with Gasteiger partial charge in [-0.2, -0.15) is 0 Å². The van der Waals surface area contributed by atoms with Gasteiger partial charge in [0.2, 0.25) is 0 Å². The Balaban J connectivity index is 2.16. The van der Waals surface area contributed by atoms with Gasteiger partial charge in [0.25, 0.3) is 11.8 Å². The number of pyridine rings is 1. The summed E-state index contributed by atoms with van der Waals surface area (Å²) in [7, 11) is 0. The van der Waals surface area contributed by atoms with E-state index in [1.54, 1.807) is 18.2 Å². The maximum absolute atomic E-state index is 12.3. The van der Waals surface area contributed by atoms with Crippen molar-refractivity contribution >= 4 is 40.7 Å². The number of nitrogens with one attached hydrogen (secondary N) is 2. The molecule has 2 amide bonds. The lowest BCUT2D eigenvalue weighted by Crippen LogP contribution is -2.25. The highest BCUT2D eigenvalue weighted by Gasteiger charge is 2.13. The Hall–Kier alpha value is -2.11. The highest BCUT2D eigenvalue weighted by atomic mass is 35.5. The summed E-state index contributed by atoms with van der Waals surface area (Å²) in [5.74, 6) is -0.719. The number of benzene rings is 1.